The molecule has 6 rings (SSSR count). The zero-order valence-electron chi connectivity index (χ0n) is 27.1. The minimum absolute atomic E-state index is 0. The first-order valence-corrected chi connectivity index (χ1v) is 16.0. The number of aliphatic imine (C=N–C) groups is 1. The molecule has 0 bridgehead atoms. The molecule has 0 saturated heterocycles. The van der Waals surface area contributed by atoms with Gasteiger partial charge in [0.15, 0.2) is 5.84 Å². The van der Waals surface area contributed by atoms with Crippen LogP contribution < -0.4 is 62.4 Å². The van der Waals surface area contributed by atoms with Gasteiger partial charge in [-0.1, -0.05) is 68.8 Å². The molecule has 46 heavy (non-hydrogen) atoms. The van der Waals surface area contributed by atoms with Crippen molar-refractivity contribution < 1.29 is 71.2 Å². The fraction of sp³-hybridized carbons (Fsp3) is 0.471. The van der Waals surface area contributed by atoms with E-state index in [4.69, 9.17) is 19.7 Å². The van der Waals surface area contributed by atoms with Crippen LogP contribution in [0.3, 0.4) is 0 Å². The van der Waals surface area contributed by atoms with Gasteiger partial charge in [0.05, 0.1) is 24.5 Å². The van der Waals surface area contributed by atoms with E-state index < -0.39 is 12.5 Å². The maximum atomic E-state index is 14.4. The third-order valence-corrected chi connectivity index (χ3v) is 8.81. The number of amidine groups is 1. The Labute approximate surface area is 311 Å². The third kappa shape index (κ3) is 7.56. The number of hydrogen-bond acceptors (Lipinski definition) is 9. The van der Waals surface area contributed by atoms with Crippen LogP contribution in [-0.2, 0) is 22.4 Å². The Bertz CT molecular complexity index is 1730. The molecule has 2 atom stereocenters. The Morgan fingerprint density at radius 3 is 2.43 bits per heavy atom. The van der Waals surface area contributed by atoms with E-state index in [2.05, 4.69) is 29.5 Å². The summed E-state index contributed by atoms with van der Waals surface area (Å²) < 4.78 is 9.75. The molecule has 0 spiro atoms. The van der Waals surface area contributed by atoms with Crippen LogP contribution >= 0.6 is 0 Å². The Morgan fingerprint density at radius 2 is 1.78 bits per heavy atom. The van der Waals surface area contributed by atoms with E-state index in [1.165, 1.54) is 0 Å². The molecule has 2 unspecified atom stereocenters. The summed E-state index contributed by atoms with van der Waals surface area (Å²) in [5.74, 6) is 1.73. The quantitative estimate of drug-likeness (QED) is 0.206. The zero-order chi connectivity index (χ0) is 31.5. The SMILES string of the molecule is CCCc1c(Cc2ccc(-c3ccccc3C3=NC(O)ON3)cc2)c(=O)n(C2CCC(OCC(O)CC)CC2)c2nc(C)nn12.[K+]. The summed E-state index contributed by atoms with van der Waals surface area (Å²) in [6, 6.07) is 16.0. The van der Waals surface area contributed by atoms with Gasteiger partial charge in [-0.25, -0.2) is 19.8 Å². The predicted octanol–water partition coefficient (Wildman–Crippen LogP) is 1.24. The van der Waals surface area contributed by atoms with Crippen molar-refractivity contribution in [2.75, 3.05) is 6.61 Å². The van der Waals surface area contributed by atoms with Crippen molar-refractivity contribution in [3.8, 4) is 11.1 Å². The standard InChI is InChI=1S/C34H42N6O5.K/c1-4-8-30-29(19-22-11-13-23(14-12-22)27-9-6-7-10-28(27)31-36-34(43)45-38-31)32(42)39(33-35-21(3)37-40(30)33)24-15-17-26(18-16-24)44-20-25(41)5-2;/h6-7,9-14,24-26,34,41,43H,4-5,8,15-20H2,1-3H3,(H,36,38);/q;+1. The molecule has 0 amide bonds. The average molecular weight is 654 g/mol. The summed E-state index contributed by atoms with van der Waals surface area (Å²) >= 11 is 0. The molecule has 2 aromatic heterocycles. The number of hydroxylamine groups is 1. The molecule has 1 aliphatic heterocycles. The normalized spacial score (nSPS) is 20.3. The van der Waals surface area contributed by atoms with Gasteiger partial charge in [-0.2, -0.15) is 10.1 Å². The largest absolute Gasteiger partial charge is 1.00 e. The van der Waals surface area contributed by atoms with Crippen LogP contribution in [0.25, 0.3) is 16.9 Å². The molecule has 238 valence electrons. The topological polar surface area (TPSA) is 136 Å². The molecule has 2 aliphatic rings. The maximum Gasteiger partial charge on any atom is 1.00 e. The second kappa shape index (κ2) is 15.8. The summed E-state index contributed by atoms with van der Waals surface area (Å²) in [5.41, 5.74) is 8.15. The van der Waals surface area contributed by atoms with E-state index in [1.807, 2.05) is 59.3 Å². The zero-order valence-corrected chi connectivity index (χ0v) is 30.3. The number of nitrogens with one attached hydrogen (secondary N) is 1. The number of aryl methyl sites for hydroxylation is 2. The van der Waals surface area contributed by atoms with E-state index in [0.717, 1.165) is 72.0 Å². The van der Waals surface area contributed by atoms with E-state index in [1.54, 1.807) is 0 Å². The minimum Gasteiger partial charge on any atom is -0.391 e. The Kier molecular flexibility index (Phi) is 12.0. The number of hydrogen-bond donors (Lipinski definition) is 3. The van der Waals surface area contributed by atoms with Crippen molar-refractivity contribution >= 4 is 11.6 Å². The molecule has 4 aromatic rings. The number of fused-ring (bicyclic) bond motifs is 1. The first kappa shape index (κ1) is 35.1. The molecule has 1 fully saturated rings. The van der Waals surface area contributed by atoms with E-state index in [-0.39, 0.29) is 69.1 Å². The summed E-state index contributed by atoms with van der Waals surface area (Å²) in [6.45, 7) is 6.28. The van der Waals surface area contributed by atoms with Gasteiger partial charge < -0.3 is 14.9 Å². The number of aliphatic hydroxyl groups excluding tert-OH is 2. The van der Waals surface area contributed by atoms with Gasteiger partial charge in [-0.05, 0) is 62.1 Å². The van der Waals surface area contributed by atoms with Gasteiger partial charge in [0.1, 0.15) is 5.82 Å². The number of benzene rings is 2. The number of ether oxygens (including phenoxy) is 1. The molecule has 0 radical (unpaired) electrons. The number of nitrogens with zero attached hydrogens (tertiary/aromatic N) is 5. The summed E-state index contributed by atoms with van der Waals surface area (Å²) in [4.78, 5) is 28.2. The number of rotatable bonds is 11. The van der Waals surface area contributed by atoms with E-state index >= 15 is 0 Å². The smallest absolute Gasteiger partial charge is 0.391 e. The van der Waals surface area contributed by atoms with Crippen LogP contribution in [0.4, 0.5) is 0 Å². The fourth-order valence-corrected chi connectivity index (χ4v) is 6.41. The molecular weight excluding hydrogens is 612 g/mol. The maximum absolute atomic E-state index is 14.4. The van der Waals surface area contributed by atoms with Gasteiger partial charge in [0.2, 0.25) is 5.78 Å². The summed E-state index contributed by atoms with van der Waals surface area (Å²) in [6.07, 6.45) is 4.43. The third-order valence-electron chi connectivity index (χ3n) is 8.81. The van der Waals surface area contributed by atoms with Crippen LogP contribution in [0.1, 0.15) is 86.6 Å². The van der Waals surface area contributed by atoms with Gasteiger partial charge >= 0.3 is 51.4 Å². The van der Waals surface area contributed by atoms with Crippen LogP contribution in [0.15, 0.2) is 58.3 Å². The molecule has 3 N–H and O–H groups in total. The molecule has 2 aromatic carbocycles. The average Bonchev–Trinajstić information content (AvgIpc) is 3.67. The van der Waals surface area contributed by atoms with Gasteiger partial charge in [0.25, 0.3) is 12.0 Å². The van der Waals surface area contributed by atoms with Crippen molar-refractivity contribution in [1.82, 2.24) is 24.6 Å². The molecule has 11 nitrogen and oxygen atoms in total. The number of aromatic nitrogens is 4. The monoisotopic (exact) mass is 653 g/mol. The van der Waals surface area contributed by atoms with E-state index in [9.17, 15) is 15.0 Å². The Balaban J connectivity index is 0.00000417. The van der Waals surface area contributed by atoms with Crippen LogP contribution in [0.2, 0.25) is 0 Å². The van der Waals surface area contributed by atoms with Crippen LogP contribution in [0, 0.1) is 6.92 Å². The number of aliphatic hydroxyl groups is 2. The van der Waals surface area contributed by atoms with Crippen LogP contribution in [0.5, 0.6) is 0 Å². The summed E-state index contributed by atoms with van der Waals surface area (Å²) in [7, 11) is 0. The first-order chi connectivity index (χ1) is 21.9. The molecule has 3 heterocycles. The molecule has 12 heteroatoms. The van der Waals surface area contributed by atoms with Crippen molar-refractivity contribution in [1.29, 1.82) is 0 Å². The Hall–Kier alpha value is -2.26. The van der Waals surface area contributed by atoms with E-state index in [0.29, 0.717) is 36.9 Å². The van der Waals surface area contributed by atoms with Crippen molar-refractivity contribution in [3.63, 3.8) is 0 Å². The molecular formula is C34H42KN6O5+. The first-order valence-electron chi connectivity index (χ1n) is 16.0. The van der Waals surface area contributed by atoms with Gasteiger partial charge in [0, 0.05) is 23.6 Å². The van der Waals surface area contributed by atoms with Crippen molar-refractivity contribution in [2.45, 2.75) is 96.8 Å². The molecule has 1 aliphatic carbocycles. The predicted molar refractivity (Wildman–Crippen MR) is 171 cm³/mol. The van der Waals surface area contributed by atoms with Gasteiger partial charge in [-0.3, -0.25) is 9.36 Å². The van der Waals surface area contributed by atoms with Gasteiger partial charge in [-0.15, -0.1) is 0 Å². The van der Waals surface area contributed by atoms with Crippen molar-refractivity contribution in [2.24, 2.45) is 4.99 Å². The van der Waals surface area contributed by atoms with Crippen molar-refractivity contribution in [3.05, 3.63) is 87.1 Å². The second-order valence-electron chi connectivity index (χ2n) is 12.0. The fourth-order valence-electron chi connectivity index (χ4n) is 6.41. The van der Waals surface area contributed by atoms with Crippen LogP contribution in [-0.4, -0.2) is 60.4 Å². The molecule has 1 saturated carbocycles. The summed E-state index contributed by atoms with van der Waals surface area (Å²) in [5, 5.41) is 24.4. The second-order valence-corrected chi connectivity index (χ2v) is 12.0. The Morgan fingerprint density at radius 1 is 1.07 bits per heavy atom. The minimum atomic E-state index is -1.23.